The fourth-order valence-electron chi connectivity index (χ4n) is 7.07. The monoisotopic (exact) mass is 829 g/mol. The number of ether oxygens (including phenoxy) is 1. The van der Waals surface area contributed by atoms with Crippen LogP contribution in [0.2, 0.25) is 5.02 Å². The zero-order chi connectivity index (χ0) is 41.1. The Labute approximate surface area is 335 Å². The lowest BCUT2D eigenvalue weighted by Crippen LogP contribution is -2.51. The average molecular weight is 830 g/mol. The van der Waals surface area contributed by atoms with Crippen molar-refractivity contribution in [2.75, 3.05) is 58.9 Å². The van der Waals surface area contributed by atoms with E-state index in [9.17, 15) is 37.7 Å². The van der Waals surface area contributed by atoms with Crippen molar-refractivity contribution in [2.24, 2.45) is 11.5 Å². The molecule has 0 spiro atoms. The summed E-state index contributed by atoms with van der Waals surface area (Å²) >= 11 is 6.39. The first kappa shape index (κ1) is 42.9. The smallest absolute Gasteiger partial charge is 0.315 e. The third kappa shape index (κ3) is 11.9. The lowest BCUT2D eigenvalue weighted by atomic mass is 10.0. The molecule has 2 heterocycles. The number of sulfonamides is 1. The highest BCUT2D eigenvalue weighted by Gasteiger charge is 2.40. The van der Waals surface area contributed by atoms with Crippen LogP contribution in [0.5, 0.6) is 5.75 Å². The van der Waals surface area contributed by atoms with E-state index in [1.165, 1.54) is 17.0 Å². The Bertz CT molecular complexity index is 1960. The van der Waals surface area contributed by atoms with E-state index >= 15 is 0 Å². The number of urea groups is 2. The normalized spacial score (nSPS) is 19.8. The van der Waals surface area contributed by atoms with E-state index in [0.29, 0.717) is 42.0 Å². The molecule has 2 aliphatic heterocycles. The molecule has 57 heavy (non-hydrogen) atoms. The SMILES string of the molecule is N#Cc1cc(Cl)cc2c1C[C@H](N1CCNCC1)[C@H]2Oc1ccc(S(=O)(=O)N[C@@H]2CCN(C(=O)CC(NC(=O)NCCCCNC(=O)NCC(N)=O)C(N)=O)C2)cc1. The summed E-state index contributed by atoms with van der Waals surface area (Å²) in [4.78, 5) is 63.5. The number of unbranched alkanes of at least 4 members (excludes halogenated alkanes) is 1. The maximum absolute atomic E-state index is 13.4. The zero-order valence-corrected chi connectivity index (χ0v) is 32.8. The molecule has 10 N–H and O–H groups in total. The van der Waals surface area contributed by atoms with Crippen molar-refractivity contribution in [1.82, 2.24) is 41.1 Å². The van der Waals surface area contributed by atoms with Crippen molar-refractivity contribution in [3.05, 3.63) is 58.1 Å². The number of amides is 7. The summed E-state index contributed by atoms with van der Waals surface area (Å²) in [5.41, 5.74) is 12.7. The number of benzene rings is 2. The number of primary amides is 2. The molecule has 1 aliphatic carbocycles. The van der Waals surface area contributed by atoms with Crippen LogP contribution >= 0.6 is 11.6 Å². The Morgan fingerprint density at radius 3 is 2.32 bits per heavy atom. The number of carbonyl (C=O) groups excluding carboxylic acids is 5. The lowest BCUT2D eigenvalue weighted by Gasteiger charge is -2.36. The molecule has 0 radical (unpaired) electrons. The van der Waals surface area contributed by atoms with Gasteiger partial charge in [-0.3, -0.25) is 19.3 Å². The average Bonchev–Trinajstić information content (AvgIpc) is 3.79. The molecule has 5 rings (SSSR count). The number of hydrogen-bond donors (Lipinski definition) is 8. The number of fused-ring (bicyclic) bond motifs is 1. The summed E-state index contributed by atoms with van der Waals surface area (Å²) in [6.07, 6.45) is 1.07. The van der Waals surface area contributed by atoms with Gasteiger partial charge in [-0.25, -0.2) is 22.7 Å². The van der Waals surface area contributed by atoms with Crippen molar-refractivity contribution in [2.45, 2.75) is 61.2 Å². The van der Waals surface area contributed by atoms with Gasteiger partial charge in [0.05, 0.1) is 35.5 Å². The van der Waals surface area contributed by atoms with Crippen molar-refractivity contribution in [3.63, 3.8) is 0 Å². The Morgan fingerprint density at radius 1 is 0.982 bits per heavy atom. The minimum atomic E-state index is -4.00. The van der Waals surface area contributed by atoms with Gasteiger partial charge < -0.3 is 47.7 Å². The standard InChI is InChI=1S/C36H48ClN11O8S/c37-23-15-22(19-38)27-17-30(47-13-10-41-11-14-47)33(28(27)16-23)56-25-3-5-26(6-4-25)57(54,55)46-24-7-12-48(21-24)32(50)18-29(34(40)51)45-36(53)43-9-2-1-8-42-35(52)44-20-31(39)49/h3-6,15-16,24,29-30,33,41,46H,1-2,7-14,17-18,20-21H2,(H2,39,49)(H2,40,51)(H2,42,44,52)(H2,43,45,53)/t24-,29?,30+,33+/m1/s1. The van der Waals surface area contributed by atoms with Crippen LogP contribution in [0.3, 0.4) is 0 Å². The number of likely N-dealkylation sites (tertiary alicyclic amines) is 1. The fraction of sp³-hybridized carbons (Fsp3) is 0.500. The molecule has 308 valence electrons. The molecule has 7 amide bonds. The van der Waals surface area contributed by atoms with Gasteiger partial charge in [0.2, 0.25) is 27.7 Å². The molecule has 1 unspecified atom stereocenters. The van der Waals surface area contributed by atoms with Crippen LogP contribution in [-0.4, -0.2) is 125 Å². The van der Waals surface area contributed by atoms with Crippen LogP contribution in [0.15, 0.2) is 41.3 Å². The highest BCUT2D eigenvalue weighted by Crippen LogP contribution is 2.41. The summed E-state index contributed by atoms with van der Waals surface area (Å²) in [5.74, 6) is -1.63. The fourth-order valence-corrected chi connectivity index (χ4v) is 8.56. The van der Waals surface area contributed by atoms with Crippen LogP contribution in [0.4, 0.5) is 9.59 Å². The minimum Gasteiger partial charge on any atom is -0.484 e. The quantitative estimate of drug-likeness (QED) is 0.0910. The number of rotatable bonds is 17. The molecule has 0 aromatic heterocycles. The van der Waals surface area contributed by atoms with E-state index in [1.54, 1.807) is 18.2 Å². The van der Waals surface area contributed by atoms with Crippen LogP contribution < -0.4 is 47.5 Å². The molecule has 21 heteroatoms. The molecule has 2 fully saturated rings. The second kappa shape index (κ2) is 19.8. The van der Waals surface area contributed by atoms with E-state index in [2.05, 4.69) is 42.3 Å². The minimum absolute atomic E-state index is 0.00545. The van der Waals surface area contributed by atoms with E-state index in [1.807, 2.05) is 6.07 Å². The first-order valence-corrected chi connectivity index (χ1v) is 20.5. The van der Waals surface area contributed by atoms with Crippen molar-refractivity contribution in [3.8, 4) is 11.8 Å². The van der Waals surface area contributed by atoms with Gasteiger partial charge in [-0.2, -0.15) is 5.26 Å². The molecule has 0 saturated carbocycles. The van der Waals surface area contributed by atoms with Gasteiger partial charge in [-0.15, -0.1) is 0 Å². The number of nitrogens with zero attached hydrogens (tertiary/aromatic N) is 3. The Morgan fingerprint density at radius 2 is 1.67 bits per heavy atom. The second-order valence-electron chi connectivity index (χ2n) is 14.0. The number of carbonyl (C=O) groups is 5. The zero-order valence-electron chi connectivity index (χ0n) is 31.2. The molecular weight excluding hydrogens is 782 g/mol. The second-order valence-corrected chi connectivity index (χ2v) is 16.1. The number of nitrogens with one attached hydrogen (secondary N) is 6. The van der Waals surface area contributed by atoms with Gasteiger partial charge in [0.25, 0.3) is 0 Å². The van der Waals surface area contributed by atoms with Crippen molar-refractivity contribution in [1.29, 1.82) is 5.26 Å². The first-order chi connectivity index (χ1) is 27.2. The van der Waals surface area contributed by atoms with Crippen LogP contribution in [0.1, 0.15) is 48.5 Å². The van der Waals surface area contributed by atoms with Crippen molar-refractivity contribution >= 4 is 51.4 Å². The first-order valence-electron chi connectivity index (χ1n) is 18.6. The molecule has 3 aliphatic rings. The molecule has 2 saturated heterocycles. The molecular formula is C36H48ClN11O8S. The van der Waals surface area contributed by atoms with Gasteiger partial charge in [0.15, 0.2) is 0 Å². The highest BCUT2D eigenvalue weighted by molar-refractivity contribution is 7.89. The van der Waals surface area contributed by atoms with E-state index in [0.717, 1.165) is 37.3 Å². The van der Waals surface area contributed by atoms with E-state index in [-0.39, 0.29) is 43.7 Å². The van der Waals surface area contributed by atoms with Gasteiger partial charge in [-0.05, 0) is 73.2 Å². The van der Waals surface area contributed by atoms with Crippen LogP contribution in [-0.2, 0) is 30.8 Å². The number of nitriles is 1. The lowest BCUT2D eigenvalue weighted by molar-refractivity contribution is -0.133. The molecule has 2 aromatic rings. The maximum atomic E-state index is 13.4. The van der Waals surface area contributed by atoms with E-state index < -0.39 is 64.4 Å². The van der Waals surface area contributed by atoms with E-state index in [4.69, 9.17) is 27.8 Å². The third-order valence-corrected chi connectivity index (χ3v) is 11.7. The Kier molecular flexibility index (Phi) is 14.9. The number of halogens is 1. The Hall–Kier alpha value is -5.20. The maximum Gasteiger partial charge on any atom is 0.315 e. The Balaban J connectivity index is 1.09. The number of piperazine rings is 1. The molecule has 4 atom stereocenters. The summed E-state index contributed by atoms with van der Waals surface area (Å²) < 4.78 is 36.0. The molecule has 2 aromatic carbocycles. The van der Waals surface area contributed by atoms with Crippen LogP contribution in [0.25, 0.3) is 0 Å². The predicted octanol–water partition coefficient (Wildman–Crippen LogP) is -0.851. The van der Waals surface area contributed by atoms with Crippen LogP contribution in [0, 0.1) is 11.3 Å². The van der Waals surface area contributed by atoms with Crippen molar-refractivity contribution < 1.29 is 37.1 Å². The summed E-state index contributed by atoms with van der Waals surface area (Å²) in [5, 5.41) is 23.4. The van der Waals surface area contributed by atoms with Gasteiger partial charge in [-0.1, -0.05) is 11.6 Å². The largest absolute Gasteiger partial charge is 0.484 e. The molecule has 0 bridgehead atoms. The topological polar surface area (TPSA) is 283 Å². The summed E-state index contributed by atoms with van der Waals surface area (Å²) in [7, 11) is -4.00. The van der Waals surface area contributed by atoms with Gasteiger partial charge in [0.1, 0.15) is 17.9 Å². The summed E-state index contributed by atoms with van der Waals surface area (Å²) in [6.45, 7) is 3.74. The molecule has 19 nitrogen and oxygen atoms in total. The van der Waals surface area contributed by atoms with Gasteiger partial charge >= 0.3 is 12.1 Å². The number of nitrogens with two attached hydrogens (primary N) is 2. The number of hydrogen-bond acceptors (Lipinski definition) is 11. The highest BCUT2D eigenvalue weighted by atomic mass is 35.5. The third-order valence-electron chi connectivity index (χ3n) is 9.94. The van der Waals surface area contributed by atoms with Gasteiger partial charge in [0, 0.05) is 63.4 Å². The predicted molar refractivity (Wildman–Crippen MR) is 207 cm³/mol. The summed E-state index contributed by atoms with van der Waals surface area (Å²) in [6, 6.07) is 8.60.